The van der Waals surface area contributed by atoms with Crippen molar-refractivity contribution in [2.24, 2.45) is 0 Å². The molecule has 88 valence electrons. The average molecular weight is 292 g/mol. The van der Waals surface area contributed by atoms with Gasteiger partial charge >= 0.3 is 0 Å². The first kappa shape index (κ1) is 12.0. The fourth-order valence-electron chi connectivity index (χ4n) is 1.65. The van der Waals surface area contributed by atoms with E-state index in [2.05, 4.69) is 15.9 Å². The van der Waals surface area contributed by atoms with Crippen LogP contribution in [0.25, 0.3) is 0 Å². The summed E-state index contributed by atoms with van der Waals surface area (Å²) in [6.07, 6.45) is 0. The number of ether oxygens (including phenoxy) is 1. The van der Waals surface area contributed by atoms with Crippen LogP contribution in [0.5, 0.6) is 11.5 Å². The summed E-state index contributed by atoms with van der Waals surface area (Å²) >= 11 is 3.46. The Labute approximate surface area is 110 Å². The van der Waals surface area contributed by atoms with Crippen LogP contribution in [0.2, 0.25) is 0 Å². The van der Waals surface area contributed by atoms with Crippen molar-refractivity contribution in [1.29, 1.82) is 0 Å². The topological polar surface area (TPSA) is 35.2 Å². The third-order valence-electron chi connectivity index (χ3n) is 2.44. The van der Waals surface area contributed by atoms with Crippen LogP contribution >= 0.6 is 15.9 Å². The highest BCUT2D eigenvalue weighted by molar-refractivity contribution is 9.10. The lowest BCUT2D eigenvalue weighted by Gasteiger charge is -2.09. The zero-order valence-electron chi connectivity index (χ0n) is 9.83. The maximum absolute atomic E-state index is 5.78. The summed E-state index contributed by atoms with van der Waals surface area (Å²) in [5.41, 5.74) is 8.73. The highest BCUT2D eigenvalue weighted by atomic mass is 79.9. The third kappa shape index (κ3) is 3.01. The minimum absolute atomic E-state index is 0.717. The molecule has 2 nitrogen and oxygen atoms in total. The van der Waals surface area contributed by atoms with Crippen LogP contribution in [-0.2, 0) is 0 Å². The fraction of sp³-hybridized carbons (Fsp3) is 0.143. The van der Waals surface area contributed by atoms with Gasteiger partial charge in [-0.25, -0.2) is 0 Å². The number of benzene rings is 2. The largest absolute Gasteiger partial charge is 0.457 e. The average Bonchev–Trinajstić information content (AvgIpc) is 2.22. The van der Waals surface area contributed by atoms with Crippen molar-refractivity contribution in [1.82, 2.24) is 0 Å². The van der Waals surface area contributed by atoms with E-state index in [1.807, 2.05) is 50.2 Å². The van der Waals surface area contributed by atoms with Crippen molar-refractivity contribution in [3.63, 3.8) is 0 Å². The van der Waals surface area contributed by atoms with Gasteiger partial charge in [0.2, 0.25) is 0 Å². The molecule has 17 heavy (non-hydrogen) atoms. The SMILES string of the molecule is Cc1cc(N)cc(Oc2ccc(Br)c(C)c2)c1. The molecule has 0 fully saturated rings. The van der Waals surface area contributed by atoms with Gasteiger partial charge in [-0.05, 0) is 55.3 Å². The van der Waals surface area contributed by atoms with Crippen LogP contribution in [-0.4, -0.2) is 0 Å². The van der Waals surface area contributed by atoms with E-state index in [4.69, 9.17) is 10.5 Å². The van der Waals surface area contributed by atoms with Gasteiger partial charge in [0.05, 0.1) is 0 Å². The first-order chi connectivity index (χ1) is 8.04. The van der Waals surface area contributed by atoms with Crippen molar-refractivity contribution in [2.75, 3.05) is 5.73 Å². The normalized spacial score (nSPS) is 10.3. The Balaban J connectivity index is 2.28. The maximum Gasteiger partial charge on any atom is 0.129 e. The Kier molecular flexibility index (Phi) is 3.38. The molecule has 0 aliphatic rings. The van der Waals surface area contributed by atoms with Gasteiger partial charge in [-0.1, -0.05) is 15.9 Å². The molecular formula is C14H14BrNO. The number of rotatable bonds is 2. The Hall–Kier alpha value is -1.48. The highest BCUT2D eigenvalue weighted by Gasteiger charge is 2.01. The Morgan fingerprint density at radius 3 is 2.41 bits per heavy atom. The van der Waals surface area contributed by atoms with E-state index < -0.39 is 0 Å². The quantitative estimate of drug-likeness (QED) is 0.830. The minimum Gasteiger partial charge on any atom is -0.457 e. The monoisotopic (exact) mass is 291 g/mol. The van der Waals surface area contributed by atoms with Gasteiger partial charge in [-0.3, -0.25) is 0 Å². The predicted octanol–water partition coefficient (Wildman–Crippen LogP) is 4.44. The Morgan fingerprint density at radius 1 is 1.00 bits per heavy atom. The molecule has 2 aromatic rings. The summed E-state index contributed by atoms with van der Waals surface area (Å²) in [5, 5.41) is 0. The molecule has 0 aromatic heterocycles. The number of nitrogens with two attached hydrogens (primary N) is 1. The van der Waals surface area contributed by atoms with E-state index >= 15 is 0 Å². The van der Waals surface area contributed by atoms with Crippen LogP contribution in [0, 0.1) is 13.8 Å². The highest BCUT2D eigenvalue weighted by Crippen LogP contribution is 2.27. The first-order valence-corrected chi connectivity index (χ1v) is 6.15. The number of hydrogen-bond acceptors (Lipinski definition) is 2. The van der Waals surface area contributed by atoms with Gasteiger partial charge in [-0.15, -0.1) is 0 Å². The first-order valence-electron chi connectivity index (χ1n) is 5.36. The lowest BCUT2D eigenvalue weighted by molar-refractivity contribution is 0.482. The molecule has 0 radical (unpaired) electrons. The predicted molar refractivity (Wildman–Crippen MR) is 74.5 cm³/mol. The van der Waals surface area contributed by atoms with Crippen LogP contribution in [0.4, 0.5) is 5.69 Å². The molecule has 0 spiro atoms. The van der Waals surface area contributed by atoms with Crippen molar-refractivity contribution in [3.05, 3.63) is 52.0 Å². The van der Waals surface area contributed by atoms with Gasteiger partial charge in [0, 0.05) is 16.2 Å². The maximum atomic E-state index is 5.78. The molecule has 0 saturated carbocycles. The molecule has 0 amide bonds. The zero-order chi connectivity index (χ0) is 12.4. The van der Waals surface area contributed by atoms with E-state index in [-0.39, 0.29) is 0 Å². The van der Waals surface area contributed by atoms with Crippen LogP contribution in [0.15, 0.2) is 40.9 Å². The number of hydrogen-bond donors (Lipinski definition) is 1. The van der Waals surface area contributed by atoms with Gasteiger partial charge in [0.25, 0.3) is 0 Å². The van der Waals surface area contributed by atoms with Crippen LogP contribution in [0.1, 0.15) is 11.1 Å². The van der Waals surface area contributed by atoms with E-state index in [1.165, 1.54) is 0 Å². The number of nitrogen functional groups attached to an aromatic ring is 1. The second-order valence-electron chi connectivity index (χ2n) is 4.09. The van der Waals surface area contributed by atoms with Gasteiger partial charge in [0.1, 0.15) is 11.5 Å². The van der Waals surface area contributed by atoms with Crippen molar-refractivity contribution >= 4 is 21.6 Å². The Bertz CT molecular complexity index is 532. The summed E-state index contributed by atoms with van der Waals surface area (Å²) < 4.78 is 6.85. The summed E-state index contributed by atoms with van der Waals surface area (Å²) in [7, 11) is 0. The summed E-state index contributed by atoms with van der Waals surface area (Å²) in [6, 6.07) is 11.6. The van der Waals surface area contributed by atoms with Crippen molar-refractivity contribution < 1.29 is 4.74 Å². The van der Waals surface area contributed by atoms with Crippen molar-refractivity contribution in [3.8, 4) is 11.5 Å². The van der Waals surface area contributed by atoms with E-state index in [0.717, 1.165) is 27.1 Å². The summed E-state index contributed by atoms with van der Waals surface area (Å²) in [4.78, 5) is 0. The van der Waals surface area contributed by atoms with Gasteiger partial charge < -0.3 is 10.5 Å². The smallest absolute Gasteiger partial charge is 0.129 e. The van der Waals surface area contributed by atoms with Crippen LogP contribution in [0.3, 0.4) is 0 Å². The number of halogens is 1. The number of aryl methyl sites for hydroxylation is 2. The third-order valence-corrected chi connectivity index (χ3v) is 3.33. The van der Waals surface area contributed by atoms with E-state index in [1.54, 1.807) is 0 Å². The van der Waals surface area contributed by atoms with Gasteiger partial charge in [-0.2, -0.15) is 0 Å². The molecule has 0 saturated heterocycles. The lowest BCUT2D eigenvalue weighted by Crippen LogP contribution is -1.90. The standard InChI is InChI=1S/C14H14BrNO/c1-9-5-11(16)8-13(6-9)17-12-3-4-14(15)10(2)7-12/h3-8H,16H2,1-2H3. The number of anilines is 1. The minimum atomic E-state index is 0.717. The molecule has 2 rings (SSSR count). The van der Waals surface area contributed by atoms with E-state index in [9.17, 15) is 0 Å². The van der Waals surface area contributed by atoms with Gasteiger partial charge in [0.15, 0.2) is 0 Å². The molecule has 0 aliphatic carbocycles. The fourth-order valence-corrected chi connectivity index (χ4v) is 1.90. The van der Waals surface area contributed by atoms with Crippen molar-refractivity contribution in [2.45, 2.75) is 13.8 Å². The molecule has 0 atom stereocenters. The van der Waals surface area contributed by atoms with E-state index in [0.29, 0.717) is 5.69 Å². The molecule has 0 aliphatic heterocycles. The Morgan fingerprint density at radius 2 is 1.76 bits per heavy atom. The lowest BCUT2D eigenvalue weighted by atomic mass is 10.2. The zero-order valence-corrected chi connectivity index (χ0v) is 11.4. The molecule has 0 unspecified atom stereocenters. The molecule has 0 heterocycles. The molecule has 2 aromatic carbocycles. The summed E-state index contributed by atoms with van der Waals surface area (Å²) in [6.45, 7) is 4.03. The second-order valence-corrected chi connectivity index (χ2v) is 4.95. The molecule has 0 bridgehead atoms. The molecule has 2 N–H and O–H groups in total. The molecular weight excluding hydrogens is 278 g/mol. The van der Waals surface area contributed by atoms with Crippen LogP contribution < -0.4 is 10.5 Å². The summed E-state index contributed by atoms with van der Waals surface area (Å²) in [5.74, 6) is 1.58. The molecule has 3 heteroatoms. The second kappa shape index (κ2) is 4.80.